The molecule has 2 rings (SSSR count). The van der Waals surface area contributed by atoms with Crippen molar-refractivity contribution in [2.24, 2.45) is 0 Å². The van der Waals surface area contributed by atoms with Crippen LogP contribution in [-0.2, 0) is 4.79 Å². The minimum absolute atomic E-state index is 0.179. The third kappa shape index (κ3) is 2.84. The van der Waals surface area contributed by atoms with E-state index in [4.69, 9.17) is 11.6 Å². The number of nitrogens with one attached hydrogen (secondary N) is 1. The zero-order valence-corrected chi connectivity index (χ0v) is 11.4. The van der Waals surface area contributed by atoms with Crippen LogP contribution >= 0.6 is 23.4 Å². The number of benzene rings is 1. The van der Waals surface area contributed by atoms with E-state index in [1.54, 1.807) is 0 Å². The lowest BCUT2D eigenvalue weighted by Gasteiger charge is -2.24. The molecule has 0 saturated carbocycles. The Morgan fingerprint density at radius 2 is 2.21 bits per heavy atom. The van der Waals surface area contributed by atoms with E-state index >= 15 is 0 Å². The van der Waals surface area contributed by atoms with Crippen molar-refractivity contribution in [1.29, 1.82) is 0 Å². The van der Waals surface area contributed by atoms with Crippen molar-refractivity contribution in [3.05, 3.63) is 34.6 Å². The quantitative estimate of drug-likeness (QED) is 0.898. The minimum atomic E-state index is -1.31. The molecule has 7 heteroatoms. The Bertz CT molecular complexity index is 532. The van der Waals surface area contributed by atoms with Crippen LogP contribution in [0, 0.1) is 5.82 Å². The number of carboxylic acids is 1. The summed E-state index contributed by atoms with van der Waals surface area (Å²) < 4.78 is 13.6. The van der Waals surface area contributed by atoms with E-state index < -0.39 is 23.2 Å². The summed E-state index contributed by atoms with van der Waals surface area (Å²) in [6.07, 6.45) is 0.327. The fourth-order valence-corrected chi connectivity index (χ4v) is 3.33. The molecule has 4 nitrogen and oxygen atoms in total. The number of hydrogen-bond acceptors (Lipinski definition) is 3. The van der Waals surface area contributed by atoms with Gasteiger partial charge < -0.3 is 10.4 Å². The van der Waals surface area contributed by atoms with Gasteiger partial charge in [0, 0.05) is 10.8 Å². The maximum absolute atomic E-state index is 13.6. The number of carbonyl (C=O) groups is 2. The van der Waals surface area contributed by atoms with Crippen LogP contribution in [0.4, 0.5) is 4.39 Å². The van der Waals surface area contributed by atoms with E-state index in [1.165, 1.54) is 23.9 Å². The van der Waals surface area contributed by atoms with Gasteiger partial charge >= 0.3 is 5.97 Å². The average Bonchev–Trinajstić information content (AvgIpc) is 2.78. The van der Waals surface area contributed by atoms with Gasteiger partial charge in [0.25, 0.3) is 5.91 Å². The van der Waals surface area contributed by atoms with E-state index in [0.717, 1.165) is 6.07 Å². The van der Waals surface area contributed by atoms with Crippen LogP contribution in [0.1, 0.15) is 16.8 Å². The third-order valence-corrected chi connectivity index (χ3v) is 4.38. The predicted molar refractivity (Wildman–Crippen MR) is 71.2 cm³/mol. The second kappa shape index (κ2) is 5.38. The summed E-state index contributed by atoms with van der Waals surface area (Å²) in [4.78, 5) is 23.3. The molecule has 0 radical (unpaired) electrons. The molecular weight excluding hydrogens is 293 g/mol. The van der Waals surface area contributed by atoms with Gasteiger partial charge in [0.15, 0.2) is 0 Å². The highest BCUT2D eigenvalue weighted by Gasteiger charge is 2.43. The number of carboxylic acid groups (broad SMARTS) is 1. The molecule has 1 fully saturated rings. The van der Waals surface area contributed by atoms with Crippen LogP contribution < -0.4 is 5.32 Å². The van der Waals surface area contributed by atoms with Crippen LogP contribution in [0.5, 0.6) is 0 Å². The maximum Gasteiger partial charge on any atom is 0.330 e. The molecule has 0 aliphatic carbocycles. The summed E-state index contributed by atoms with van der Waals surface area (Å²) in [7, 11) is 0. The molecule has 102 valence electrons. The van der Waals surface area contributed by atoms with Crippen LogP contribution in [0.3, 0.4) is 0 Å². The second-order valence-electron chi connectivity index (χ2n) is 4.27. The Kier molecular flexibility index (Phi) is 4.01. The number of aliphatic carboxylic acids is 1. The molecule has 1 atom stereocenters. The van der Waals surface area contributed by atoms with Crippen molar-refractivity contribution in [3.63, 3.8) is 0 Å². The van der Waals surface area contributed by atoms with Gasteiger partial charge in [0.05, 0.1) is 5.56 Å². The molecule has 1 aliphatic rings. The summed E-state index contributed by atoms with van der Waals surface area (Å²) in [6.45, 7) is 0. The standard InChI is InChI=1S/C12H11ClFNO3S/c13-7-1-2-8(9(14)5-7)10(16)15-12(11(17)18)3-4-19-6-12/h1-2,5H,3-4,6H2,(H,15,16)(H,17,18). The van der Waals surface area contributed by atoms with E-state index in [0.29, 0.717) is 12.2 Å². The van der Waals surface area contributed by atoms with Crippen molar-refractivity contribution in [2.45, 2.75) is 12.0 Å². The van der Waals surface area contributed by atoms with Crippen molar-refractivity contribution in [2.75, 3.05) is 11.5 Å². The Morgan fingerprint density at radius 1 is 1.47 bits per heavy atom. The summed E-state index contributed by atoms with van der Waals surface area (Å²) in [5, 5.41) is 11.8. The zero-order chi connectivity index (χ0) is 14.0. The van der Waals surface area contributed by atoms with E-state index in [9.17, 15) is 19.1 Å². The molecule has 1 unspecified atom stereocenters. The van der Waals surface area contributed by atoms with Crippen LogP contribution in [0.15, 0.2) is 18.2 Å². The molecule has 1 saturated heterocycles. The van der Waals surface area contributed by atoms with Gasteiger partial charge in [-0.3, -0.25) is 4.79 Å². The van der Waals surface area contributed by atoms with E-state index in [-0.39, 0.29) is 16.3 Å². The Hall–Kier alpha value is -1.27. The van der Waals surface area contributed by atoms with Gasteiger partial charge in [0.2, 0.25) is 0 Å². The van der Waals surface area contributed by atoms with Gasteiger partial charge in [0.1, 0.15) is 11.4 Å². The monoisotopic (exact) mass is 303 g/mol. The number of thioether (sulfide) groups is 1. The summed E-state index contributed by atoms with van der Waals surface area (Å²) in [5.41, 5.74) is -1.52. The highest BCUT2D eigenvalue weighted by atomic mass is 35.5. The smallest absolute Gasteiger partial charge is 0.330 e. The Labute approximate surface area is 118 Å². The molecule has 0 spiro atoms. The number of hydrogen-bond donors (Lipinski definition) is 2. The highest BCUT2D eigenvalue weighted by Crippen LogP contribution is 2.29. The molecule has 1 aromatic carbocycles. The first-order valence-corrected chi connectivity index (χ1v) is 7.06. The van der Waals surface area contributed by atoms with Gasteiger partial charge in [-0.25, -0.2) is 9.18 Å². The fourth-order valence-electron chi connectivity index (χ4n) is 1.84. The maximum atomic E-state index is 13.6. The lowest BCUT2D eigenvalue weighted by Crippen LogP contribution is -2.54. The number of halogens is 2. The van der Waals surface area contributed by atoms with E-state index in [1.807, 2.05) is 0 Å². The molecule has 19 heavy (non-hydrogen) atoms. The van der Waals surface area contributed by atoms with Crippen molar-refractivity contribution in [1.82, 2.24) is 5.32 Å². The lowest BCUT2D eigenvalue weighted by molar-refractivity contribution is -0.143. The van der Waals surface area contributed by atoms with Crippen molar-refractivity contribution < 1.29 is 19.1 Å². The van der Waals surface area contributed by atoms with E-state index in [2.05, 4.69) is 5.32 Å². The molecule has 1 aliphatic heterocycles. The molecule has 1 heterocycles. The largest absolute Gasteiger partial charge is 0.479 e. The van der Waals surface area contributed by atoms with Crippen molar-refractivity contribution >= 4 is 35.2 Å². The van der Waals surface area contributed by atoms with Crippen LogP contribution in [0.25, 0.3) is 0 Å². The van der Waals surface area contributed by atoms with Gasteiger partial charge in [-0.2, -0.15) is 11.8 Å². The van der Waals surface area contributed by atoms with Gasteiger partial charge in [-0.15, -0.1) is 0 Å². The van der Waals surface area contributed by atoms with Crippen molar-refractivity contribution in [3.8, 4) is 0 Å². The molecule has 0 bridgehead atoms. The average molecular weight is 304 g/mol. The van der Waals surface area contributed by atoms with Gasteiger partial charge in [-0.05, 0) is 30.4 Å². The van der Waals surface area contributed by atoms with Crippen LogP contribution in [0.2, 0.25) is 5.02 Å². The third-order valence-electron chi connectivity index (χ3n) is 2.96. The number of amides is 1. The first-order chi connectivity index (χ1) is 8.94. The number of rotatable bonds is 3. The molecule has 1 aromatic rings. The normalized spacial score (nSPS) is 22.2. The summed E-state index contributed by atoms with van der Waals surface area (Å²) >= 11 is 7.04. The first-order valence-electron chi connectivity index (χ1n) is 5.53. The molecule has 0 aromatic heterocycles. The zero-order valence-electron chi connectivity index (χ0n) is 9.78. The number of carbonyl (C=O) groups excluding carboxylic acids is 1. The molecular formula is C12H11ClFNO3S. The SMILES string of the molecule is O=C(NC1(C(=O)O)CCSC1)c1ccc(Cl)cc1F. The Morgan fingerprint density at radius 3 is 2.74 bits per heavy atom. The highest BCUT2D eigenvalue weighted by molar-refractivity contribution is 7.99. The fraction of sp³-hybridized carbons (Fsp3) is 0.333. The second-order valence-corrected chi connectivity index (χ2v) is 5.81. The van der Waals surface area contributed by atoms with Crippen LogP contribution in [-0.4, -0.2) is 34.0 Å². The lowest BCUT2D eigenvalue weighted by atomic mass is 9.98. The molecule has 1 amide bonds. The summed E-state index contributed by atoms with van der Waals surface area (Å²) in [5.74, 6) is -1.67. The minimum Gasteiger partial charge on any atom is -0.479 e. The topological polar surface area (TPSA) is 66.4 Å². The summed E-state index contributed by atoms with van der Waals surface area (Å²) in [6, 6.07) is 3.65. The first kappa shape index (κ1) is 14.1. The Balaban J connectivity index is 2.22. The molecule has 2 N–H and O–H groups in total. The van der Waals surface area contributed by atoms with Gasteiger partial charge in [-0.1, -0.05) is 11.6 Å². The predicted octanol–water partition coefficient (Wildman–Crippen LogP) is 2.17.